The number of benzene rings is 3. The summed E-state index contributed by atoms with van der Waals surface area (Å²) in [6.07, 6.45) is 11.6. The first-order valence-electron chi connectivity index (χ1n) is 43.2. The summed E-state index contributed by atoms with van der Waals surface area (Å²) in [6.45, 7) is 3.38. The Balaban J connectivity index is 1.28. The fourth-order valence-corrected chi connectivity index (χ4v) is 14.3. The van der Waals surface area contributed by atoms with Crippen LogP contribution in [-0.4, -0.2) is 278 Å². The molecule has 0 spiro atoms. The summed E-state index contributed by atoms with van der Waals surface area (Å²) in [5.74, 6) is -16.2. The van der Waals surface area contributed by atoms with Crippen molar-refractivity contribution in [1.29, 1.82) is 0 Å². The number of likely N-dealkylation sites (N-methyl/N-ethyl adjacent to an activating group) is 2. The number of primary amides is 1. The van der Waals surface area contributed by atoms with Gasteiger partial charge in [-0.05, 0) is 66.3 Å². The summed E-state index contributed by atoms with van der Waals surface area (Å²) in [4.78, 5) is 216. The maximum Gasteiger partial charge on any atom is 0.326 e. The Kier molecular flexibility index (Phi) is 51.2. The number of hydrogen-bond acceptors (Lipinski definition) is 22. The zero-order valence-electron chi connectivity index (χ0n) is 73.5. The molecule has 17 N–H and O–H groups in total. The van der Waals surface area contributed by atoms with E-state index < -0.39 is 191 Å². The van der Waals surface area contributed by atoms with Gasteiger partial charge in [0.25, 0.3) is 10.1 Å². The molecule has 0 fully saturated rings. The third-order valence-electron chi connectivity index (χ3n) is 20.5. The van der Waals surface area contributed by atoms with E-state index in [2.05, 4.69) is 52.8 Å². The van der Waals surface area contributed by atoms with Crippen molar-refractivity contribution in [2.24, 2.45) is 11.7 Å². The Labute approximate surface area is 745 Å². The molecule has 0 aliphatic heterocycles. The van der Waals surface area contributed by atoms with Crippen LogP contribution in [0.1, 0.15) is 184 Å². The topological polar surface area (TPSA) is 602 Å². The molecule has 0 bridgehead atoms. The summed E-state index contributed by atoms with van der Waals surface area (Å²) in [7, 11) is -2.05. The zero-order chi connectivity index (χ0) is 94.5. The highest BCUT2D eigenvalue weighted by atomic mass is 32.2. The normalized spacial score (nSPS) is 13.2. The number of nitrogens with two attached hydrogens (primary N) is 1. The number of fused-ring (bicyclic) bond motifs is 1. The highest BCUT2D eigenvalue weighted by Gasteiger charge is 2.40. The van der Waals surface area contributed by atoms with Gasteiger partial charge < -0.3 is 108 Å². The summed E-state index contributed by atoms with van der Waals surface area (Å²) in [5.41, 5.74) is 8.00. The van der Waals surface area contributed by atoms with Crippen molar-refractivity contribution in [3.05, 3.63) is 107 Å². The Morgan fingerprint density at radius 2 is 0.930 bits per heavy atom. The second-order valence-electron chi connectivity index (χ2n) is 31.6. The van der Waals surface area contributed by atoms with Gasteiger partial charge >= 0.3 is 23.9 Å². The monoisotopic (exact) mass is 1820 g/mol. The van der Waals surface area contributed by atoms with Crippen LogP contribution in [0, 0.1) is 5.92 Å². The number of carbonyl (C=O) groups excluding carboxylic acids is 12. The molecule has 1 aromatic heterocycles. The van der Waals surface area contributed by atoms with E-state index in [-0.39, 0.29) is 128 Å². The smallest absolute Gasteiger partial charge is 0.326 e. The second-order valence-corrected chi connectivity index (χ2v) is 33.1. The molecular weight excluding hydrogens is 1690 g/mol. The predicted molar refractivity (Wildman–Crippen MR) is 466 cm³/mol. The molecule has 710 valence electrons. The quantitative estimate of drug-likeness (QED) is 0.0223. The first-order chi connectivity index (χ1) is 60.9. The third-order valence-corrected chi connectivity index (χ3v) is 21.2. The minimum absolute atomic E-state index is 0.00508. The minimum atomic E-state index is -4.49. The van der Waals surface area contributed by atoms with Crippen molar-refractivity contribution in [3.63, 3.8) is 0 Å². The van der Waals surface area contributed by atoms with Crippen LogP contribution in [0.2, 0.25) is 0 Å². The Morgan fingerprint density at radius 1 is 0.438 bits per heavy atom. The number of amides is 12. The molecule has 1 heterocycles. The summed E-state index contributed by atoms with van der Waals surface area (Å²) in [5, 5.41) is 61.8. The van der Waals surface area contributed by atoms with Crippen LogP contribution >= 0.6 is 0 Å². The Morgan fingerprint density at radius 3 is 1.49 bits per heavy atom. The number of nitrogens with one attached hydrogen (secondary N) is 10. The molecule has 128 heavy (non-hydrogen) atoms. The first kappa shape index (κ1) is 109. The van der Waals surface area contributed by atoms with Crippen molar-refractivity contribution < 1.29 is 129 Å². The van der Waals surface area contributed by atoms with Gasteiger partial charge in [-0.25, -0.2) is 4.79 Å². The maximum atomic E-state index is 14.8. The fourth-order valence-electron chi connectivity index (χ4n) is 13.7. The van der Waals surface area contributed by atoms with Crippen molar-refractivity contribution in [3.8, 4) is 0 Å². The van der Waals surface area contributed by atoms with Gasteiger partial charge in [0.1, 0.15) is 67.3 Å². The van der Waals surface area contributed by atoms with Crippen LogP contribution in [0.5, 0.6) is 0 Å². The highest BCUT2D eigenvalue weighted by molar-refractivity contribution is 7.85. The molecule has 0 aliphatic carbocycles. The van der Waals surface area contributed by atoms with E-state index >= 15 is 0 Å². The second kappa shape index (κ2) is 60.3. The number of rotatable bonds is 69. The van der Waals surface area contributed by atoms with Crippen LogP contribution in [-0.2, 0) is 131 Å². The molecule has 0 aliphatic rings. The maximum absolute atomic E-state index is 14.8. The Bertz CT molecular complexity index is 4350. The molecule has 4 rings (SSSR count). The summed E-state index contributed by atoms with van der Waals surface area (Å²) in [6, 6.07) is 8.87. The van der Waals surface area contributed by atoms with Crippen molar-refractivity contribution in [2.75, 3.05) is 86.6 Å². The fraction of sp³-hybridized carbons (Fsp3) is 0.586. The first-order valence-corrected chi connectivity index (χ1v) is 44.8. The molecule has 12 amide bonds. The molecule has 3 aromatic carbocycles. The lowest BCUT2D eigenvalue weighted by Gasteiger charge is -2.35. The van der Waals surface area contributed by atoms with Gasteiger partial charge in [0, 0.05) is 82.8 Å². The molecule has 0 radical (unpaired) electrons. The number of unbranched alkanes of at least 4 members (excludes halogenated alkanes) is 12. The number of carboxylic acids is 4. The highest BCUT2D eigenvalue weighted by Crippen LogP contribution is 2.22. The number of ether oxygens (including phenoxy) is 4. The largest absolute Gasteiger partial charge is 0.481 e. The van der Waals surface area contributed by atoms with E-state index in [0.29, 0.717) is 41.3 Å². The van der Waals surface area contributed by atoms with Crippen LogP contribution < -0.4 is 53.6 Å². The van der Waals surface area contributed by atoms with Crippen LogP contribution in [0.15, 0.2) is 85.1 Å². The number of nitrogens with zero attached hydrogens (tertiary/aromatic N) is 2. The number of aliphatic carboxylic acids is 4. The van der Waals surface area contributed by atoms with Gasteiger partial charge in [-0.3, -0.25) is 76.5 Å². The van der Waals surface area contributed by atoms with Gasteiger partial charge in [-0.15, -0.1) is 0 Å². The molecule has 41 heteroatoms. The molecule has 40 nitrogen and oxygen atoms in total. The lowest BCUT2D eigenvalue weighted by atomic mass is 10.00. The summed E-state index contributed by atoms with van der Waals surface area (Å²) >= 11 is 0. The lowest BCUT2D eigenvalue weighted by molar-refractivity contribution is -0.152. The van der Waals surface area contributed by atoms with Gasteiger partial charge in [-0.2, -0.15) is 8.42 Å². The standard InChI is InChI=1S/C87H129N13O27S/c1-6-7-28-64(85(117)100(5)71(51-79(110)111)86(118)99(4)70(80(88)112)48-58-25-19-18-20-26-58)96-83(115)68(49-61-52-91-63-29-24-23-27-62(61)63)94-74(103)53-92-81(113)66(46-57(2)3)97-82(114)67(47-59-32-34-60(35-33-59)56-128(121,122)123)98-84(116)69(50-78(108)109)95-76(105)55-127-45-43-125-41-39-90-75(104)54-126-44-42-124-40-38-89-72(101)37-36-65(87(119)120)93-73(102)30-21-16-14-12-10-8-9-11-13-15-17-22-31-77(106)107/h18-20,23-27,29,32-35,52,57,64-71,91H,6-17,21-22,28,30-31,36-51,53-56H2,1-5H3,(H2,88,112)(H,89,101)(H,90,104)(H,92,113)(H,93,102)(H,94,103)(H,95,105)(H,96,115)(H,97,114)(H,98,116)(H,106,107)(H,108,109)(H,110,111)(H,119,120)(H,121,122,123)/t64-,65-,66-,67-,68-,69-,70-,71+/m0/s1. The van der Waals surface area contributed by atoms with E-state index in [1.807, 2.05) is 6.92 Å². The van der Waals surface area contributed by atoms with E-state index in [1.165, 1.54) is 38.4 Å². The van der Waals surface area contributed by atoms with Crippen LogP contribution in [0.4, 0.5) is 0 Å². The van der Waals surface area contributed by atoms with E-state index in [0.717, 1.165) is 80.4 Å². The number of para-hydroxylation sites is 1. The number of aromatic nitrogens is 1. The molecule has 0 saturated heterocycles. The molecule has 4 aromatic rings. The lowest BCUT2D eigenvalue weighted by Crippen LogP contribution is -2.60. The zero-order valence-corrected chi connectivity index (χ0v) is 74.4. The van der Waals surface area contributed by atoms with E-state index in [9.17, 15) is 105 Å². The van der Waals surface area contributed by atoms with Gasteiger partial charge in [0.15, 0.2) is 0 Å². The number of hydrogen-bond donors (Lipinski definition) is 16. The van der Waals surface area contributed by atoms with E-state index in [4.69, 9.17) is 29.8 Å². The summed E-state index contributed by atoms with van der Waals surface area (Å²) < 4.78 is 54.5. The van der Waals surface area contributed by atoms with Gasteiger partial charge in [-0.1, -0.05) is 171 Å². The average molecular weight is 1820 g/mol. The van der Waals surface area contributed by atoms with Crippen molar-refractivity contribution in [2.45, 2.75) is 235 Å². The van der Waals surface area contributed by atoms with Crippen molar-refractivity contribution in [1.82, 2.24) is 62.6 Å². The average Bonchev–Trinajstić information content (AvgIpc) is 1.24. The molecule has 8 atom stereocenters. The molecule has 0 unspecified atom stereocenters. The van der Waals surface area contributed by atoms with Gasteiger partial charge in [0.05, 0.1) is 59.0 Å². The Hall–Kier alpha value is -11.5. The molecule has 0 saturated carbocycles. The number of aromatic amines is 1. The molecular formula is C87H129N13O27S. The minimum Gasteiger partial charge on any atom is -0.481 e. The van der Waals surface area contributed by atoms with Gasteiger partial charge in [0.2, 0.25) is 70.9 Å². The number of carbonyl (C=O) groups is 16. The SMILES string of the molecule is CCCC[C@H](NC(=O)[C@H](Cc1c[nH]c2ccccc12)NC(=O)CNC(=O)[C@H](CC(C)C)NC(=O)[C@H](Cc1ccc(CS(=O)(=O)O)cc1)NC(=O)[C@H](CC(=O)O)NC(=O)COCCOCCNC(=O)COCCOCCNC(=O)CC[C@H](NC(=O)CCCCCCCCCCCCCCC(=O)O)C(=O)O)C(=O)N(C)[C@H](CC(=O)O)C(=O)N(C)[C@@H](Cc1ccccc1)C(N)=O. The van der Waals surface area contributed by atoms with Crippen molar-refractivity contribution >= 4 is 116 Å². The van der Waals surface area contributed by atoms with Crippen LogP contribution in [0.25, 0.3) is 10.9 Å². The third kappa shape index (κ3) is 45.3. The number of carboxylic acid groups (broad SMARTS) is 4. The van der Waals surface area contributed by atoms with Crippen LogP contribution in [0.3, 0.4) is 0 Å². The predicted octanol–water partition coefficient (Wildman–Crippen LogP) is 2.64. The van der Waals surface area contributed by atoms with E-state index in [1.54, 1.807) is 74.6 Å². The number of H-pyrrole nitrogens is 1.